The van der Waals surface area contributed by atoms with Crippen molar-refractivity contribution < 1.29 is 9.53 Å². The number of ether oxygens (including phenoxy) is 1. The number of carbonyl (C=O) groups is 1. The highest BCUT2D eigenvalue weighted by Crippen LogP contribution is 2.25. The molecule has 1 atom stereocenters. The van der Waals surface area contributed by atoms with Gasteiger partial charge >= 0.3 is 0 Å². The maximum atomic E-state index is 12.7. The lowest BCUT2D eigenvalue weighted by Crippen LogP contribution is -2.23. The average molecular weight is 448 g/mol. The van der Waals surface area contributed by atoms with Crippen molar-refractivity contribution in [3.63, 3.8) is 0 Å². The molecule has 0 radical (unpaired) electrons. The number of nitrogens with one attached hydrogen (secondary N) is 1. The van der Waals surface area contributed by atoms with E-state index in [9.17, 15) is 4.79 Å². The number of nitrogen functional groups attached to an aromatic ring is 1. The van der Waals surface area contributed by atoms with Crippen LogP contribution in [0.15, 0.2) is 65.8 Å². The Morgan fingerprint density at radius 2 is 1.91 bits per heavy atom. The molecule has 0 fully saturated rings. The molecule has 4 rings (SSSR count). The fourth-order valence-electron chi connectivity index (χ4n) is 3.20. The van der Waals surface area contributed by atoms with Gasteiger partial charge in [0.15, 0.2) is 11.0 Å². The monoisotopic (exact) mass is 447 g/mol. The van der Waals surface area contributed by atoms with Crippen LogP contribution in [0.2, 0.25) is 0 Å². The van der Waals surface area contributed by atoms with Crippen LogP contribution in [0.4, 0.5) is 11.4 Å². The van der Waals surface area contributed by atoms with Gasteiger partial charge in [0.1, 0.15) is 12.4 Å². The predicted molar refractivity (Wildman–Crippen MR) is 129 cm³/mol. The minimum absolute atomic E-state index is 0.124. The zero-order chi connectivity index (χ0) is 22.7. The van der Waals surface area contributed by atoms with E-state index in [1.54, 1.807) is 6.07 Å². The third kappa shape index (κ3) is 4.86. The van der Waals surface area contributed by atoms with Crippen molar-refractivity contribution in [1.82, 2.24) is 14.8 Å². The first-order valence-corrected chi connectivity index (χ1v) is 11.1. The fraction of sp³-hybridized carbons (Fsp3) is 0.208. The molecule has 0 saturated heterocycles. The van der Waals surface area contributed by atoms with Gasteiger partial charge < -0.3 is 20.4 Å². The SMILES string of the molecule is Cc1ccc(N)cc1NC(=O)[C@H](C)Sc1nnc(COc2ccc3ccccc3c2)n1C. The number of amides is 1. The van der Waals surface area contributed by atoms with Crippen LogP contribution in [-0.4, -0.2) is 25.9 Å². The number of benzene rings is 3. The van der Waals surface area contributed by atoms with Gasteiger partial charge in [0.05, 0.1) is 5.25 Å². The Morgan fingerprint density at radius 1 is 1.12 bits per heavy atom. The number of rotatable bonds is 7. The summed E-state index contributed by atoms with van der Waals surface area (Å²) >= 11 is 1.34. The highest BCUT2D eigenvalue weighted by atomic mass is 32.2. The summed E-state index contributed by atoms with van der Waals surface area (Å²) in [5, 5.41) is 14.0. The number of thioether (sulfide) groups is 1. The Morgan fingerprint density at radius 3 is 2.72 bits per heavy atom. The normalized spacial score (nSPS) is 12.0. The van der Waals surface area contributed by atoms with Gasteiger partial charge in [-0.05, 0) is 54.4 Å². The van der Waals surface area contributed by atoms with Gasteiger partial charge in [-0.3, -0.25) is 4.79 Å². The van der Waals surface area contributed by atoms with Crippen LogP contribution in [0, 0.1) is 6.92 Å². The molecule has 7 nitrogen and oxygen atoms in total. The lowest BCUT2D eigenvalue weighted by molar-refractivity contribution is -0.115. The Bertz CT molecular complexity index is 1270. The molecule has 1 aromatic heterocycles. The summed E-state index contributed by atoms with van der Waals surface area (Å²) in [5.41, 5.74) is 8.11. The first-order chi connectivity index (χ1) is 15.4. The third-order valence-corrected chi connectivity index (χ3v) is 6.32. The van der Waals surface area contributed by atoms with E-state index in [0.29, 0.717) is 22.4 Å². The van der Waals surface area contributed by atoms with Gasteiger partial charge in [0.25, 0.3) is 0 Å². The van der Waals surface area contributed by atoms with Gasteiger partial charge in [-0.1, -0.05) is 48.2 Å². The lowest BCUT2D eigenvalue weighted by Gasteiger charge is -2.14. The number of aromatic nitrogens is 3. The van der Waals surface area contributed by atoms with Crippen molar-refractivity contribution in [2.75, 3.05) is 11.1 Å². The number of hydrogen-bond acceptors (Lipinski definition) is 6. The molecular formula is C24H25N5O2S. The van der Waals surface area contributed by atoms with Crippen LogP contribution in [-0.2, 0) is 18.4 Å². The van der Waals surface area contributed by atoms with Crippen LogP contribution in [0.3, 0.4) is 0 Å². The standard InChI is InChI=1S/C24H25N5O2S/c1-15-8-10-19(25)13-21(15)26-23(30)16(2)32-24-28-27-22(29(24)3)14-31-20-11-9-17-6-4-5-7-18(17)12-20/h4-13,16H,14,25H2,1-3H3,(H,26,30)/t16-/m0/s1. The van der Waals surface area contributed by atoms with Gasteiger partial charge in [0, 0.05) is 18.4 Å². The second-order valence-corrected chi connectivity index (χ2v) is 8.89. The molecule has 3 aromatic carbocycles. The first-order valence-electron chi connectivity index (χ1n) is 10.2. The third-order valence-electron chi connectivity index (χ3n) is 5.18. The Balaban J connectivity index is 1.38. The summed E-state index contributed by atoms with van der Waals surface area (Å²) in [4.78, 5) is 12.7. The topological polar surface area (TPSA) is 95.1 Å². The number of fused-ring (bicyclic) bond motifs is 1. The molecule has 0 unspecified atom stereocenters. The van der Waals surface area contributed by atoms with Crippen molar-refractivity contribution in [2.45, 2.75) is 30.9 Å². The number of anilines is 2. The molecule has 0 aliphatic rings. The zero-order valence-electron chi connectivity index (χ0n) is 18.2. The summed E-state index contributed by atoms with van der Waals surface area (Å²) in [6, 6.07) is 19.6. The second kappa shape index (κ2) is 9.32. The number of carbonyl (C=O) groups excluding carboxylic acids is 1. The predicted octanol–water partition coefficient (Wildman–Crippen LogP) is 4.56. The lowest BCUT2D eigenvalue weighted by atomic mass is 10.1. The van der Waals surface area contributed by atoms with Crippen LogP contribution in [0.1, 0.15) is 18.3 Å². The molecule has 0 aliphatic carbocycles. The van der Waals surface area contributed by atoms with Crippen LogP contribution >= 0.6 is 11.8 Å². The van der Waals surface area contributed by atoms with Crippen molar-refractivity contribution in [3.05, 3.63) is 72.1 Å². The van der Waals surface area contributed by atoms with Gasteiger partial charge in [0.2, 0.25) is 5.91 Å². The van der Waals surface area contributed by atoms with E-state index in [-0.39, 0.29) is 17.8 Å². The summed E-state index contributed by atoms with van der Waals surface area (Å²) in [6.45, 7) is 4.05. The molecule has 0 saturated carbocycles. The number of hydrogen-bond donors (Lipinski definition) is 2. The molecule has 0 bridgehead atoms. The largest absolute Gasteiger partial charge is 0.486 e. The summed E-state index contributed by atoms with van der Waals surface area (Å²) in [6.07, 6.45) is 0. The molecule has 1 amide bonds. The van der Waals surface area contributed by atoms with Crippen LogP contribution in [0.25, 0.3) is 10.8 Å². The van der Waals surface area contributed by atoms with Gasteiger partial charge in [-0.25, -0.2) is 0 Å². The van der Waals surface area contributed by atoms with E-state index in [1.807, 2.05) is 67.9 Å². The van der Waals surface area contributed by atoms with Gasteiger partial charge in [-0.15, -0.1) is 10.2 Å². The molecule has 0 spiro atoms. The molecule has 8 heteroatoms. The first kappa shape index (κ1) is 21.7. The number of nitrogens with zero attached hydrogens (tertiary/aromatic N) is 3. The Labute approximate surface area is 191 Å². The van der Waals surface area contributed by atoms with E-state index in [0.717, 1.165) is 22.1 Å². The van der Waals surface area contributed by atoms with Crippen molar-refractivity contribution >= 4 is 39.8 Å². The highest BCUT2D eigenvalue weighted by molar-refractivity contribution is 8.00. The zero-order valence-corrected chi connectivity index (χ0v) is 19.0. The molecule has 3 N–H and O–H groups in total. The summed E-state index contributed by atoms with van der Waals surface area (Å²) in [5.74, 6) is 1.33. The van der Waals surface area contributed by atoms with Crippen molar-refractivity contribution in [2.24, 2.45) is 7.05 Å². The number of nitrogens with two attached hydrogens (primary N) is 1. The second-order valence-electron chi connectivity index (χ2n) is 7.58. The van der Waals surface area contributed by atoms with Crippen molar-refractivity contribution in [1.29, 1.82) is 0 Å². The van der Waals surface area contributed by atoms with E-state index < -0.39 is 0 Å². The minimum Gasteiger partial charge on any atom is -0.486 e. The minimum atomic E-state index is -0.368. The molecule has 164 valence electrons. The highest BCUT2D eigenvalue weighted by Gasteiger charge is 2.20. The summed E-state index contributed by atoms with van der Waals surface area (Å²) < 4.78 is 7.77. The van der Waals surface area contributed by atoms with E-state index in [4.69, 9.17) is 10.5 Å². The van der Waals surface area contributed by atoms with E-state index in [2.05, 4.69) is 27.6 Å². The maximum Gasteiger partial charge on any atom is 0.237 e. The molecule has 4 aromatic rings. The summed E-state index contributed by atoms with van der Waals surface area (Å²) in [7, 11) is 1.87. The maximum absolute atomic E-state index is 12.7. The molecule has 1 heterocycles. The Hall–Kier alpha value is -3.52. The smallest absolute Gasteiger partial charge is 0.237 e. The Kier molecular flexibility index (Phi) is 6.32. The molecular weight excluding hydrogens is 422 g/mol. The molecule has 0 aliphatic heterocycles. The van der Waals surface area contributed by atoms with Crippen LogP contribution < -0.4 is 15.8 Å². The van der Waals surface area contributed by atoms with Crippen molar-refractivity contribution in [3.8, 4) is 5.75 Å². The van der Waals surface area contributed by atoms with E-state index in [1.165, 1.54) is 11.8 Å². The number of aryl methyl sites for hydroxylation is 1. The van der Waals surface area contributed by atoms with Crippen LogP contribution in [0.5, 0.6) is 5.75 Å². The quantitative estimate of drug-likeness (QED) is 0.319. The average Bonchev–Trinajstić information content (AvgIpc) is 3.13. The molecule has 32 heavy (non-hydrogen) atoms. The van der Waals surface area contributed by atoms with Gasteiger partial charge in [-0.2, -0.15) is 0 Å². The van der Waals surface area contributed by atoms with E-state index >= 15 is 0 Å². The fourth-order valence-corrected chi connectivity index (χ4v) is 4.03.